The van der Waals surface area contributed by atoms with Crippen molar-refractivity contribution < 1.29 is 18.4 Å². The minimum absolute atomic E-state index is 0.213. The van der Waals surface area contributed by atoms with Gasteiger partial charge in [-0.05, 0) is 0 Å². The van der Waals surface area contributed by atoms with Crippen molar-refractivity contribution in [2.45, 2.75) is 31.7 Å². The molecule has 17 heavy (non-hydrogen) atoms. The van der Waals surface area contributed by atoms with Crippen LogP contribution in [0.15, 0.2) is 0 Å². The summed E-state index contributed by atoms with van der Waals surface area (Å²) in [7, 11) is 0. The lowest BCUT2D eigenvalue weighted by atomic mass is 10.2. The van der Waals surface area contributed by atoms with E-state index in [9.17, 15) is 18.4 Å². The number of rotatable bonds is 3. The zero-order valence-electron chi connectivity index (χ0n) is 9.37. The zero-order valence-corrected chi connectivity index (χ0v) is 9.37. The van der Waals surface area contributed by atoms with Crippen molar-refractivity contribution in [3.05, 3.63) is 0 Å². The molecule has 0 aromatic carbocycles. The van der Waals surface area contributed by atoms with Crippen molar-refractivity contribution in [3.63, 3.8) is 0 Å². The Hall–Kier alpha value is -1.71. The van der Waals surface area contributed by atoms with Crippen LogP contribution >= 0.6 is 0 Å². The van der Waals surface area contributed by atoms with E-state index in [2.05, 4.69) is 5.32 Å². The highest BCUT2D eigenvalue weighted by atomic mass is 19.3. The van der Waals surface area contributed by atoms with Gasteiger partial charge in [-0.2, -0.15) is 5.26 Å². The smallest absolute Gasteiger partial charge is 0.268 e. The lowest BCUT2D eigenvalue weighted by Crippen LogP contribution is -2.42. The maximum atomic E-state index is 13.0. The van der Waals surface area contributed by atoms with Gasteiger partial charge in [-0.1, -0.05) is 6.92 Å². The molecule has 1 fully saturated rings. The molecule has 1 saturated heterocycles. The minimum atomic E-state index is -3.02. The summed E-state index contributed by atoms with van der Waals surface area (Å²) in [5, 5.41) is 11.0. The molecule has 0 radical (unpaired) electrons. The van der Waals surface area contributed by atoms with Crippen molar-refractivity contribution in [1.29, 1.82) is 5.26 Å². The number of nitriles is 1. The summed E-state index contributed by atoms with van der Waals surface area (Å²) >= 11 is 0. The molecule has 0 unspecified atom stereocenters. The normalized spacial score (nSPS) is 22.0. The molecule has 5 nitrogen and oxygen atoms in total. The number of nitrogens with zero attached hydrogens (tertiary/aromatic N) is 2. The van der Waals surface area contributed by atoms with Gasteiger partial charge in [0.2, 0.25) is 11.8 Å². The zero-order chi connectivity index (χ0) is 13.1. The van der Waals surface area contributed by atoms with Crippen LogP contribution in [-0.2, 0) is 9.59 Å². The third-order valence-electron chi connectivity index (χ3n) is 2.50. The second-order valence-electron chi connectivity index (χ2n) is 3.86. The first-order chi connectivity index (χ1) is 7.89. The average molecular weight is 245 g/mol. The molecule has 7 heteroatoms. The van der Waals surface area contributed by atoms with Crippen molar-refractivity contribution in [2.75, 3.05) is 13.1 Å². The van der Waals surface area contributed by atoms with Gasteiger partial charge in [0.15, 0.2) is 0 Å². The van der Waals surface area contributed by atoms with Gasteiger partial charge in [0, 0.05) is 12.8 Å². The number of amides is 2. The van der Waals surface area contributed by atoms with E-state index >= 15 is 0 Å². The molecule has 94 valence electrons. The fraction of sp³-hybridized carbons (Fsp3) is 0.700. The highest BCUT2D eigenvalue weighted by molar-refractivity contribution is 5.85. The van der Waals surface area contributed by atoms with E-state index < -0.39 is 30.8 Å². The average Bonchev–Trinajstić information content (AvgIpc) is 2.61. The predicted octanol–water partition coefficient (Wildman–Crippen LogP) is 0.272. The van der Waals surface area contributed by atoms with E-state index in [4.69, 9.17) is 5.26 Å². The van der Waals surface area contributed by atoms with E-state index in [0.29, 0.717) is 0 Å². The van der Waals surface area contributed by atoms with Gasteiger partial charge in [0.25, 0.3) is 5.92 Å². The van der Waals surface area contributed by atoms with Gasteiger partial charge in [-0.3, -0.25) is 9.59 Å². The molecule has 0 aliphatic carbocycles. The molecule has 1 atom stereocenters. The van der Waals surface area contributed by atoms with Gasteiger partial charge in [0.05, 0.1) is 19.2 Å². The molecule has 1 aliphatic rings. The fourth-order valence-electron chi connectivity index (χ4n) is 1.60. The summed E-state index contributed by atoms with van der Waals surface area (Å²) in [6.07, 6.45) is -0.428. The van der Waals surface area contributed by atoms with Crippen molar-refractivity contribution in [2.24, 2.45) is 0 Å². The summed E-state index contributed by atoms with van der Waals surface area (Å²) in [6.45, 7) is 0.509. The first-order valence-corrected chi connectivity index (χ1v) is 5.23. The lowest BCUT2D eigenvalue weighted by Gasteiger charge is -2.19. The third-order valence-corrected chi connectivity index (χ3v) is 2.50. The van der Waals surface area contributed by atoms with Crippen LogP contribution in [0.1, 0.15) is 19.8 Å². The van der Waals surface area contributed by atoms with E-state index in [0.717, 1.165) is 4.90 Å². The Morgan fingerprint density at radius 1 is 1.59 bits per heavy atom. The summed E-state index contributed by atoms with van der Waals surface area (Å²) < 4.78 is 26.0. The molecule has 0 aromatic heterocycles. The van der Waals surface area contributed by atoms with Gasteiger partial charge >= 0.3 is 0 Å². The van der Waals surface area contributed by atoms with E-state index in [1.54, 1.807) is 13.0 Å². The summed E-state index contributed by atoms with van der Waals surface area (Å²) in [5.41, 5.74) is 0. The number of hydrogen-bond acceptors (Lipinski definition) is 3. The molecule has 1 heterocycles. The Labute approximate surface area is 97.4 Å². The SMILES string of the molecule is CCC(=O)NCC(=O)N1CC(F)(F)C[C@H]1C#N. The maximum Gasteiger partial charge on any atom is 0.268 e. The van der Waals surface area contributed by atoms with Crippen LogP contribution in [0.4, 0.5) is 8.78 Å². The molecule has 1 N–H and O–H groups in total. The van der Waals surface area contributed by atoms with E-state index in [1.165, 1.54) is 0 Å². The van der Waals surface area contributed by atoms with Crippen molar-refractivity contribution in [1.82, 2.24) is 10.2 Å². The van der Waals surface area contributed by atoms with Crippen LogP contribution in [0.3, 0.4) is 0 Å². The van der Waals surface area contributed by atoms with E-state index in [1.807, 2.05) is 0 Å². The van der Waals surface area contributed by atoms with Crippen LogP contribution < -0.4 is 5.32 Å². The molecular weight excluding hydrogens is 232 g/mol. The van der Waals surface area contributed by atoms with Gasteiger partial charge in [-0.25, -0.2) is 8.78 Å². The van der Waals surface area contributed by atoms with Gasteiger partial charge in [-0.15, -0.1) is 0 Å². The Morgan fingerprint density at radius 3 is 2.76 bits per heavy atom. The van der Waals surface area contributed by atoms with Crippen LogP contribution in [0.5, 0.6) is 0 Å². The quantitative estimate of drug-likeness (QED) is 0.775. The largest absolute Gasteiger partial charge is 0.347 e. The van der Waals surface area contributed by atoms with Gasteiger partial charge in [0.1, 0.15) is 6.04 Å². The van der Waals surface area contributed by atoms with Crippen LogP contribution in [0.25, 0.3) is 0 Å². The summed E-state index contributed by atoms with van der Waals surface area (Å²) in [6, 6.07) is 0.550. The Bertz CT molecular complexity index is 365. The summed E-state index contributed by atoms with van der Waals surface area (Å²) in [4.78, 5) is 23.3. The van der Waals surface area contributed by atoms with Crippen molar-refractivity contribution in [3.8, 4) is 6.07 Å². The van der Waals surface area contributed by atoms with Crippen LogP contribution in [0, 0.1) is 11.3 Å². The Morgan fingerprint density at radius 2 is 2.24 bits per heavy atom. The molecule has 0 bridgehead atoms. The van der Waals surface area contributed by atoms with Crippen LogP contribution in [-0.4, -0.2) is 41.8 Å². The first kappa shape index (κ1) is 13.4. The molecule has 1 rings (SSSR count). The maximum absolute atomic E-state index is 13.0. The summed E-state index contributed by atoms with van der Waals surface area (Å²) in [5.74, 6) is -4.02. The lowest BCUT2D eigenvalue weighted by molar-refractivity contribution is -0.133. The highest BCUT2D eigenvalue weighted by Gasteiger charge is 2.47. The standard InChI is InChI=1S/C10H13F2N3O2/c1-2-8(16)14-5-9(17)15-6-10(11,12)3-7(15)4-13/h7H,2-3,5-6H2,1H3,(H,14,16)/t7-/m0/s1. The molecule has 0 saturated carbocycles. The Balaban J connectivity index is 2.57. The second kappa shape index (κ2) is 5.08. The highest BCUT2D eigenvalue weighted by Crippen LogP contribution is 2.31. The number of alkyl halides is 2. The predicted molar refractivity (Wildman–Crippen MR) is 54.0 cm³/mol. The Kier molecular flexibility index (Phi) is 3.99. The number of nitrogens with one attached hydrogen (secondary N) is 1. The minimum Gasteiger partial charge on any atom is -0.347 e. The molecule has 2 amide bonds. The van der Waals surface area contributed by atoms with Gasteiger partial charge < -0.3 is 10.2 Å². The second-order valence-corrected chi connectivity index (χ2v) is 3.86. The monoisotopic (exact) mass is 245 g/mol. The van der Waals surface area contributed by atoms with E-state index in [-0.39, 0.29) is 18.9 Å². The van der Waals surface area contributed by atoms with Crippen molar-refractivity contribution >= 4 is 11.8 Å². The topological polar surface area (TPSA) is 73.2 Å². The molecule has 1 aliphatic heterocycles. The third kappa shape index (κ3) is 3.37. The number of likely N-dealkylation sites (tertiary alicyclic amines) is 1. The molecule has 0 spiro atoms. The number of hydrogen-bond donors (Lipinski definition) is 1. The molecule has 0 aromatic rings. The first-order valence-electron chi connectivity index (χ1n) is 5.23. The molecular formula is C10H13F2N3O2. The number of halogens is 2. The fourth-order valence-corrected chi connectivity index (χ4v) is 1.60. The number of carbonyl (C=O) groups is 2. The number of carbonyl (C=O) groups excluding carboxylic acids is 2. The van der Waals surface area contributed by atoms with Crippen LogP contribution in [0.2, 0.25) is 0 Å².